The van der Waals surface area contributed by atoms with Crippen molar-refractivity contribution >= 4 is 22.5 Å². The third-order valence-electron chi connectivity index (χ3n) is 4.90. The zero-order valence-corrected chi connectivity index (χ0v) is 15.7. The van der Waals surface area contributed by atoms with E-state index in [1.807, 2.05) is 0 Å². The summed E-state index contributed by atoms with van der Waals surface area (Å²) < 4.78 is 5.95. The van der Waals surface area contributed by atoms with E-state index in [0.29, 0.717) is 5.25 Å². The third kappa shape index (κ3) is 4.92. The second-order valence-electron chi connectivity index (χ2n) is 6.89. The number of rotatable bonds is 9. The van der Waals surface area contributed by atoms with E-state index in [-0.39, 0.29) is 0 Å². The van der Waals surface area contributed by atoms with Crippen LogP contribution in [0.4, 0.5) is 0 Å². The van der Waals surface area contributed by atoms with Gasteiger partial charge in [0.05, 0.1) is 6.61 Å². The van der Waals surface area contributed by atoms with Crippen molar-refractivity contribution in [2.45, 2.75) is 63.5 Å². The minimum atomic E-state index is 0.707. The lowest BCUT2D eigenvalue weighted by Gasteiger charge is -2.11. The Balaban J connectivity index is 1.51. The Bertz CT molecular complexity index is 631. The van der Waals surface area contributed by atoms with E-state index in [1.54, 1.807) is 0 Å². The smallest absolute Gasteiger partial charge is 0.119 e. The zero-order chi connectivity index (χ0) is 16.6. The molecular formula is C22H30OS. The SMILES string of the molecule is CCCCCCCCOc1ccc2cc(C3CCCS3)ccc2c1. The molecule has 1 aliphatic heterocycles. The Kier molecular flexibility index (Phi) is 6.89. The first-order chi connectivity index (χ1) is 11.9. The highest BCUT2D eigenvalue weighted by Gasteiger charge is 2.17. The Morgan fingerprint density at radius 3 is 2.58 bits per heavy atom. The van der Waals surface area contributed by atoms with E-state index in [1.165, 1.54) is 73.5 Å². The van der Waals surface area contributed by atoms with Crippen molar-refractivity contribution in [3.8, 4) is 5.75 Å². The molecule has 0 bridgehead atoms. The van der Waals surface area contributed by atoms with Crippen LogP contribution in [-0.4, -0.2) is 12.4 Å². The van der Waals surface area contributed by atoms with Crippen LogP contribution in [0.2, 0.25) is 0 Å². The molecule has 1 aliphatic rings. The maximum Gasteiger partial charge on any atom is 0.119 e. The van der Waals surface area contributed by atoms with E-state index in [4.69, 9.17) is 4.74 Å². The second kappa shape index (κ2) is 9.36. The molecule has 3 rings (SSSR count). The molecule has 0 saturated carbocycles. The van der Waals surface area contributed by atoms with Crippen molar-refractivity contribution in [1.82, 2.24) is 0 Å². The van der Waals surface area contributed by atoms with Gasteiger partial charge in [0, 0.05) is 5.25 Å². The summed E-state index contributed by atoms with van der Waals surface area (Å²) in [5.74, 6) is 2.33. The standard InChI is InChI=1S/C22H30OS/c1-2-3-4-5-6-7-14-23-21-13-12-18-16-20(11-10-19(18)17-21)22-9-8-15-24-22/h10-13,16-17,22H,2-9,14-15H2,1H3. The molecule has 0 aromatic heterocycles. The number of hydrogen-bond donors (Lipinski definition) is 0. The molecule has 1 nitrogen and oxygen atoms in total. The molecule has 0 amide bonds. The fourth-order valence-corrected chi connectivity index (χ4v) is 4.74. The Labute approximate surface area is 151 Å². The first-order valence-corrected chi connectivity index (χ1v) is 10.7. The van der Waals surface area contributed by atoms with Gasteiger partial charge >= 0.3 is 0 Å². The molecule has 2 aromatic carbocycles. The van der Waals surface area contributed by atoms with Gasteiger partial charge in [-0.15, -0.1) is 0 Å². The fourth-order valence-electron chi connectivity index (χ4n) is 3.45. The number of fused-ring (bicyclic) bond motifs is 1. The van der Waals surface area contributed by atoms with Crippen LogP contribution in [0.3, 0.4) is 0 Å². The predicted octanol–water partition coefficient (Wildman–Crippen LogP) is 7.15. The lowest BCUT2D eigenvalue weighted by atomic mass is 10.0. The number of thioether (sulfide) groups is 1. The molecule has 0 radical (unpaired) electrons. The molecule has 2 aromatic rings. The lowest BCUT2D eigenvalue weighted by Crippen LogP contribution is -1.97. The van der Waals surface area contributed by atoms with E-state index >= 15 is 0 Å². The summed E-state index contributed by atoms with van der Waals surface area (Å²) >= 11 is 2.10. The van der Waals surface area contributed by atoms with Crippen molar-refractivity contribution in [3.63, 3.8) is 0 Å². The molecule has 0 aliphatic carbocycles. The largest absolute Gasteiger partial charge is 0.494 e. The monoisotopic (exact) mass is 342 g/mol. The summed E-state index contributed by atoms with van der Waals surface area (Å²) in [4.78, 5) is 0. The summed E-state index contributed by atoms with van der Waals surface area (Å²) in [6.07, 6.45) is 10.5. The lowest BCUT2D eigenvalue weighted by molar-refractivity contribution is 0.305. The summed E-state index contributed by atoms with van der Waals surface area (Å²) in [6.45, 7) is 3.10. The highest BCUT2D eigenvalue weighted by Crippen LogP contribution is 2.40. The number of hydrogen-bond acceptors (Lipinski definition) is 2. The highest BCUT2D eigenvalue weighted by atomic mass is 32.2. The van der Waals surface area contributed by atoms with Gasteiger partial charge in [0.15, 0.2) is 0 Å². The van der Waals surface area contributed by atoms with Gasteiger partial charge < -0.3 is 4.74 Å². The summed E-state index contributed by atoms with van der Waals surface area (Å²) in [6, 6.07) is 13.5. The first-order valence-electron chi connectivity index (χ1n) is 9.65. The van der Waals surface area contributed by atoms with E-state index in [2.05, 4.69) is 55.1 Å². The third-order valence-corrected chi connectivity index (χ3v) is 6.34. The summed E-state index contributed by atoms with van der Waals surface area (Å²) in [5, 5.41) is 3.34. The normalized spacial score (nSPS) is 17.5. The molecule has 1 saturated heterocycles. The fraction of sp³-hybridized carbons (Fsp3) is 0.545. The molecule has 1 fully saturated rings. The molecule has 1 heterocycles. The van der Waals surface area contributed by atoms with Crippen LogP contribution in [0.5, 0.6) is 5.75 Å². The highest BCUT2D eigenvalue weighted by molar-refractivity contribution is 7.99. The Morgan fingerprint density at radius 2 is 1.75 bits per heavy atom. The van der Waals surface area contributed by atoms with Crippen LogP contribution < -0.4 is 4.74 Å². The Hall–Kier alpha value is -1.15. The van der Waals surface area contributed by atoms with Crippen LogP contribution >= 0.6 is 11.8 Å². The Morgan fingerprint density at radius 1 is 0.958 bits per heavy atom. The van der Waals surface area contributed by atoms with Crippen LogP contribution in [0.15, 0.2) is 36.4 Å². The van der Waals surface area contributed by atoms with Crippen molar-refractivity contribution in [2.24, 2.45) is 0 Å². The van der Waals surface area contributed by atoms with Gasteiger partial charge in [-0.3, -0.25) is 0 Å². The van der Waals surface area contributed by atoms with Gasteiger partial charge in [0.2, 0.25) is 0 Å². The van der Waals surface area contributed by atoms with Crippen LogP contribution in [-0.2, 0) is 0 Å². The van der Waals surface area contributed by atoms with Gasteiger partial charge in [-0.1, -0.05) is 63.3 Å². The molecule has 0 spiro atoms. The van der Waals surface area contributed by atoms with Gasteiger partial charge in [-0.25, -0.2) is 0 Å². The van der Waals surface area contributed by atoms with Gasteiger partial charge in [-0.05, 0) is 53.5 Å². The minimum Gasteiger partial charge on any atom is -0.494 e. The summed E-state index contributed by atoms with van der Waals surface area (Å²) in [7, 11) is 0. The van der Waals surface area contributed by atoms with Crippen LogP contribution in [0.25, 0.3) is 10.8 Å². The molecule has 0 N–H and O–H groups in total. The van der Waals surface area contributed by atoms with Crippen molar-refractivity contribution in [1.29, 1.82) is 0 Å². The quantitative estimate of drug-likeness (QED) is 0.448. The van der Waals surface area contributed by atoms with Gasteiger partial charge in [0.1, 0.15) is 5.75 Å². The molecule has 130 valence electrons. The second-order valence-corrected chi connectivity index (χ2v) is 8.20. The maximum atomic E-state index is 5.95. The average molecular weight is 343 g/mol. The molecule has 2 heteroatoms. The average Bonchev–Trinajstić information content (AvgIpc) is 3.15. The van der Waals surface area contributed by atoms with Crippen molar-refractivity contribution in [3.05, 3.63) is 42.0 Å². The topological polar surface area (TPSA) is 9.23 Å². The van der Waals surface area contributed by atoms with Gasteiger partial charge in [0.25, 0.3) is 0 Å². The van der Waals surface area contributed by atoms with Crippen molar-refractivity contribution < 1.29 is 4.74 Å². The predicted molar refractivity (Wildman–Crippen MR) is 107 cm³/mol. The van der Waals surface area contributed by atoms with Crippen LogP contribution in [0, 0.1) is 0 Å². The number of ether oxygens (including phenoxy) is 1. The number of benzene rings is 2. The van der Waals surface area contributed by atoms with E-state index in [0.717, 1.165) is 12.4 Å². The van der Waals surface area contributed by atoms with E-state index in [9.17, 15) is 0 Å². The number of unbranched alkanes of at least 4 members (excludes halogenated alkanes) is 5. The van der Waals surface area contributed by atoms with E-state index < -0.39 is 0 Å². The van der Waals surface area contributed by atoms with Crippen molar-refractivity contribution in [2.75, 3.05) is 12.4 Å². The molecule has 1 atom stereocenters. The summed E-state index contributed by atoms with van der Waals surface area (Å²) in [5.41, 5.74) is 1.49. The molecular weight excluding hydrogens is 312 g/mol. The van der Waals surface area contributed by atoms with Crippen LogP contribution in [0.1, 0.15) is 69.1 Å². The van der Waals surface area contributed by atoms with Gasteiger partial charge in [-0.2, -0.15) is 11.8 Å². The minimum absolute atomic E-state index is 0.707. The molecule has 24 heavy (non-hydrogen) atoms. The first kappa shape index (κ1) is 17.7. The molecule has 1 unspecified atom stereocenters. The maximum absolute atomic E-state index is 5.95. The zero-order valence-electron chi connectivity index (χ0n) is 14.9.